The van der Waals surface area contributed by atoms with E-state index in [4.69, 9.17) is 11.6 Å². The lowest BCUT2D eigenvalue weighted by molar-refractivity contribution is 0.628. The molecule has 0 aliphatic heterocycles. The van der Waals surface area contributed by atoms with E-state index >= 15 is 0 Å². The van der Waals surface area contributed by atoms with Gasteiger partial charge in [-0.1, -0.05) is 41.9 Å². The molecule has 4 heteroatoms. The zero-order valence-electron chi connectivity index (χ0n) is 11.1. The van der Waals surface area contributed by atoms with Crippen LogP contribution in [0.2, 0.25) is 5.02 Å². The van der Waals surface area contributed by atoms with Crippen molar-refractivity contribution in [1.29, 1.82) is 0 Å². The summed E-state index contributed by atoms with van der Waals surface area (Å²) in [6.45, 7) is 0.665. The highest BCUT2D eigenvalue weighted by Crippen LogP contribution is 2.26. The molecule has 0 amide bonds. The van der Waals surface area contributed by atoms with E-state index < -0.39 is 5.82 Å². The molecule has 1 aromatic heterocycles. The molecule has 0 atom stereocenters. The maximum absolute atomic E-state index is 13.4. The summed E-state index contributed by atoms with van der Waals surface area (Å²) in [5.41, 5.74) is 3.14. The van der Waals surface area contributed by atoms with Crippen molar-refractivity contribution in [1.82, 2.24) is 0 Å². The molecule has 2 aromatic carbocycles. The van der Waals surface area contributed by atoms with E-state index in [1.807, 2.05) is 18.2 Å². The van der Waals surface area contributed by atoms with Crippen LogP contribution >= 0.6 is 22.9 Å². The van der Waals surface area contributed by atoms with Crippen LogP contribution in [0, 0.1) is 5.82 Å². The summed E-state index contributed by atoms with van der Waals surface area (Å²) in [4.78, 5) is 1.20. The Balaban J connectivity index is 1.69. The van der Waals surface area contributed by atoms with Gasteiger partial charge in [-0.25, -0.2) is 4.39 Å². The van der Waals surface area contributed by atoms with Gasteiger partial charge in [0.15, 0.2) is 0 Å². The summed E-state index contributed by atoms with van der Waals surface area (Å²) in [6.07, 6.45) is 0. The fraction of sp³-hybridized carbons (Fsp3) is 0.0588. The molecule has 0 unspecified atom stereocenters. The summed E-state index contributed by atoms with van der Waals surface area (Å²) in [6, 6.07) is 17.1. The van der Waals surface area contributed by atoms with Crippen molar-refractivity contribution in [2.45, 2.75) is 6.54 Å². The quantitative estimate of drug-likeness (QED) is 0.639. The molecular weight excluding hydrogens is 305 g/mol. The van der Waals surface area contributed by atoms with Gasteiger partial charge in [-0.05, 0) is 40.8 Å². The third-order valence-electron chi connectivity index (χ3n) is 3.15. The Morgan fingerprint density at radius 1 is 1.00 bits per heavy atom. The molecule has 0 fully saturated rings. The molecule has 0 aliphatic carbocycles. The van der Waals surface area contributed by atoms with E-state index in [1.54, 1.807) is 23.5 Å². The monoisotopic (exact) mass is 317 g/mol. The van der Waals surface area contributed by atoms with Crippen LogP contribution in [0.5, 0.6) is 0 Å². The second-order valence-electron chi connectivity index (χ2n) is 4.65. The number of anilines is 1. The molecule has 3 rings (SSSR count). The van der Waals surface area contributed by atoms with E-state index in [9.17, 15) is 4.39 Å². The zero-order valence-corrected chi connectivity index (χ0v) is 12.7. The van der Waals surface area contributed by atoms with Gasteiger partial charge in [0.25, 0.3) is 0 Å². The van der Waals surface area contributed by atoms with Crippen LogP contribution in [0.15, 0.2) is 60.0 Å². The summed E-state index contributed by atoms with van der Waals surface area (Å²) < 4.78 is 13.4. The maximum atomic E-state index is 13.4. The van der Waals surface area contributed by atoms with Crippen LogP contribution in [-0.2, 0) is 6.54 Å². The highest BCUT2D eigenvalue weighted by Gasteiger charge is 2.04. The molecular formula is C17H13ClFNS. The van der Waals surface area contributed by atoms with Crippen LogP contribution in [-0.4, -0.2) is 0 Å². The van der Waals surface area contributed by atoms with Crippen molar-refractivity contribution in [2.75, 3.05) is 5.32 Å². The van der Waals surface area contributed by atoms with Crippen molar-refractivity contribution in [3.8, 4) is 11.1 Å². The van der Waals surface area contributed by atoms with Crippen LogP contribution < -0.4 is 5.32 Å². The van der Waals surface area contributed by atoms with Crippen molar-refractivity contribution in [3.05, 3.63) is 75.7 Å². The minimum atomic E-state index is -0.405. The molecule has 0 aliphatic rings. The van der Waals surface area contributed by atoms with Gasteiger partial charge in [0, 0.05) is 17.1 Å². The number of thiophene rings is 1. The molecule has 1 N–H and O–H groups in total. The Hall–Kier alpha value is -1.84. The Morgan fingerprint density at radius 2 is 1.81 bits per heavy atom. The van der Waals surface area contributed by atoms with Gasteiger partial charge in [-0.2, -0.15) is 0 Å². The molecule has 3 aromatic rings. The molecule has 1 heterocycles. The zero-order chi connectivity index (χ0) is 14.7. The van der Waals surface area contributed by atoms with Gasteiger partial charge in [0.1, 0.15) is 5.82 Å². The average molecular weight is 318 g/mol. The van der Waals surface area contributed by atoms with Crippen molar-refractivity contribution in [3.63, 3.8) is 0 Å². The second-order valence-corrected chi connectivity index (χ2v) is 6.05. The number of hydrogen-bond acceptors (Lipinski definition) is 2. The molecule has 0 saturated heterocycles. The molecule has 106 valence electrons. The minimum absolute atomic E-state index is 0.142. The van der Waals surface area contributed by atoms with Gasteiger partial charge in [-0.15, -0.1) is 11.3 Å². The van der Waals surface area contributed by atoms with Crippen molar-refractivity contribution < 1.29 is 4.39 Å². The molecule has 0 bridgehead atoms. The fourth-order valence-corrected chi connectivity index (χ4v) is 3.00. The smallest absolute Gasteiger partial charge is 0.143 e. The third-order valence-corrected chi connectivity index (χ3v) is 4.39. The summed E-state index contributed by atoms with van der Waals surface area (Å²) in [5.74, 6) is -0.405. The first kappa shape index (κ1) is 14.1. The standard InChI is InChI=1S/C17H13ClFNS/c18-16-7-6-14(9-17(16)19)20-10-15-8-13(11-21-15)12-4-2-1-3-5-12/h1-9,11,20H,10H2. The normalized spacial score (nSPS) is 10.6. The van der Waals surface area contributed by atoms with E-state index in [-0.39, 0.29) is 5.02 Å². The second kappa shape index (κ2) is 6.29. The SMILES string of the molecule is Fc1cc(NCc2cc(-c3ccccc3)cs2)ccc1Cl. The van der Waals surface area contributed by atoms with Crippen LogP contribution in [0.4, 0.5) is 10.1 Å². The Labute approximate surface area is 132 Å². The lowest BCUT2D eigenvalue weighted by Gasteiger charge is -2.05. The van der Waals surface area contributed by atoms with Gasteiger partial charge in [-0.3, -0.25) is 0 Å². The Bertz CT molecular complexity index is 740. The maximum Gasteiger partial charge on any atom is 0.143 e. The van der Waals surface area contributed by atoms with Crippen LogP contribution in [0.1, 0.15) is 4.88 Å². The van der Waals surface area contributed by atoms with Gasteiger partial charge in [0.2, 0.25) is 0 Å². The number of benzene rings is 2. The minimum Gasteiger partial charge on any atom is -0.380 e. The van der Waals surface area contributed by atoms with Crippen LogP contribution in [0.3, 0.4) is 0 Å². The molecule has 0 saturated carbocycles. The van der Waals surface area contributed by atoms with E-state index in [0.29, 0.717) is 6.54 Å². The summed E-state index contributed by atoms with van der Waals surface area (Å²) >= 11 is 7.36. The summed E-state index contributed by atoms with van der Waals surface area (Å²) in [5, 5.41) is 5.48. The lowest BCUT2D eigenvalue weighted by atomic mass is 10.1. The van der Waals surface area contributed by atoms with Gasteiger partial charge >= 0.3 is 0 Å². The first-order valence-corrected chi connectivity index (χ1v) is 7.80. The predicted octanol–water partition coefficient (Wildman–Crippen LogP) is 5.82. The van der Waals surface area contributed by atoms with Crippen molar-refractivity contribution in [2.24, 2.45) is 0 Å². The third kappa shape index (κ3) is 3.43. The van der Waals surface area contributed by atoms with Gasteiger partial charge in [0.05, 0.1) is 5.02 Å². The van der Waals surface area contributed by atoms with E-state index in [2.05, 4.69) is 28.9 Å². The fourth-order valence-electron chi connectivity index (χ4n) is 2.05. The molecule has 1 nitrogen and oxygen atoms in total. The molecule has 21 heavy (non-hydrogen) atoms. The van der Waals surface area contributed by atoms with Gasteiger partial charge < -0.3 is 5.32 Å². The lowest BCUT2D eigenvalue weighted by Crippen LogP contribution is -1.97. The highest BCUT2D eigenvalue weighted by molar-refractivity contribution is 7.10. The van der Waals surface area contributed by atoms with E-state index in [0.717, 1.165) is 5.69 Å². The highest BCUT2D eigenvalue weighted by atomic mass is 35.5. The van der Waals surface area contributed by atoms with Crippen LogP contribution in [0.25, 0.3) is 11.1 Å². The first-order chi connectivity index (χ1) is 10.2. The average Bonchev–Trinajstić information content (AvgIpc) is 2.98. The largest absolute Gasteiger partial charge is 0.380 e. The predicted molar refractivity (Wildman–Crippen MR) is 88.5 cm³/mol. The first-order valence-electron chi connectivity index (χ1n) is 6.54. The Morgan fingerprint density at radius 3 is 2.57 bits per heavy atom. The van der Waals surface area contributed by atoms with Crippen molar-refractivity contribution >= 4 is 28.6 Å². The summed E-state index contributed by atoms with van der Waals surface area (Å²) in [7, 11) is 0. The number of hydrogen-bond donors (Lipinski definition) is 1. The number of halogens is 2. The molecule has 0 radical (unpaired) electrons. The van der Waals surface area contributed by atoms with E-state index in [1.165, 1.54) is 22.1 Å². The number of nitrogens with one attached hydrogen (secondary N) is 1. The topological polar surface area (TPSA) is 12.0 Å². The Kier molecular flexibility index (Phi) is 4.23. The molecule has 0 spiro atoms. The number of rotatable bonds is 4.